The Morgan fingerprint density at radius 1 is 0.149 bits per heavy atom. The Balaban J connectivity index is 0.567. The highest BCUT2D eigenvalue weighted by molar-refractivity contribution is 5.67. The van der Waals surface area contributed by atoms with Crippen LogP contribution >= 0.6 is 0 Å². The summed E-state index contributed by atoms with van der Waals surface area (Å²) in [5.41, 5.74) is 21.8. The van der Waals surface area contributed by atoms with Crippen LogP contribution in [0.5, 0.6) is 0 Å². The third-order valence-corrected chi connectivity index (χ3v) is 14.7. The van der Waals surface area contributed by atoms with Crippen LogP contribution in [0.1, 0.15) is 89.0 Å². The summed E-state index contributed by atoms with van der Waals surface area (Å²) in [5, 5.41) is 0. The molecule has 0 amide bonds. The van der Waals surface area contributed by atoms with Crippen LogP contribution < -0.4 is 0 Å². The lowest BCUT2D eigenvalue weighted by Gasteiger charge is -2.02. The number of pyridine rings is 5. The smallest absolute Gasteiger partial charge is 0.0714 e. The van der Waals surface area contributed by atoms with Gasteiger partial charge in [-0.25, -0.2) is 0 Å². The third-order valence-electron chi connectivity index (χ3n) is 14.7. The van der Waals surface area contributed by atoms with Crippen molar-refractivity contribution in [2.24, 2.45) is 0 Å². The van der Waals surface area contributed by atoms with Gasteiger partial charge in [-0.3, -0.25) is 24.9 Å². The van der Waals surface area contributed by atoms with Crippen molar-refractivity contribution in [2.75, 3.05) is 0 Å². The van der Waals surface area contributed by atoms with Crippen LogP contribution in [0.15, 0.2) is 298 Å². The monoisotopic (exact) mass is 1190 g/mol. The molecule has 0 saturated carbocycles. The summed E-state index contributed by atoms with van der Waals surface area (Å²) in [7, 11) is 0. The van der Waals surface area contributed by atoms with E-state index in [1.165, 1.54) is 0 Å². The summed E-state index contributed by atoms with van der Waals surface area (Å²) in [4.78, 5) is 22.5. The Morgan fingerprint density at radius 3 is 0.543 bits per heavy atom. The van der Waals surface area contributed by atoms with E-state index in [2.05, 4.69) is 120 Å². The summed E-state index contributed by atoms with van der Waals surface area (Å²) in [6.07, 6.45) is 10.6. The molecule has 0 unspecified atom stereocenters. The molecule has 5 nitrogen and oxygen atoms in total. The van der Waals surface area contributed by atoms with E-state index in [-0.39, 0.29) is 0 Å². The number of rotatable bonds is 4. The fraction of sp³-hybridized carbons (Fsp3) is 0. The lowest BCUT2D eigenvalue weighted by Crippen LogP contribution is -1.86. The maximum absolute atomic E-state index is 4.64. The van der Waals surface area contributed by atoms with Crippen molar-refractivity contribution in [3.8, 4) is 140 Å². The molecule has 0 atom stereocenters. The lowest BCUT2D eigenvalue weighted by molar-refractivity contribution is 1.31. The van der Waals surface area contributed by atoms with Crippen molar-refractivity contribution in [3.63, 3.8) is 0 Å². The Morgan fingerprint density at radius 2 is 0.319 bits per heavy atom. The van der Waals surface area contributed by atoms with Crippen molar-refractivity contribution in [3.05, 3.63) is 387 Å². The zero-order chi connectivity index (χ0) is 63.4. The van der Waals surface area contributed by atoms with Gasteiger partial charge in [-0.05, 0) is 194 Å². The lowest BCUT2D eigenvalue weighted by atomic mass is 10.1. The fourth-order valence-electron chi connectivity index (χ4n) is 9.58. The van der Waals surface area contributed by atoms with Gasteiger partial charge < -0.3 is 0 Å². The van der Waals surface area contributed by atoms with Gasteiger partial charge in [0.05, 0.1) is 22.8 Å². The normalized spacial score (nSPS) is 9.87. The largest absolute Gasteiger partial charge is 0.265 e. The Bertz CT molecular complexity index is 5450. The van der Waals surface area contributed by atoms with Crippen LogP contribution in [0.2, 0.25) is 0 Å². The predicted molar refractivity (Wildman–Crippen MR) is 377 cm³/mol. The molecule has 430 valence electrons. The van der Waals surface area contributed by atoms with Gasteiger partial charge >= 0.3 is 0 Å². The topological polar surface area (TPSA) is 64.5 Å². The fourth-order valence-corrected chi connectivity index (χ4v) is 9.58. The zero-order valence-corrected chi connectivity index (χ0v) is 50.5. The van der Waals surface area contributed by atoms with E-state index >= 15 is 0 Å². The first-order chi connectivity index (χ1) is 46.5. The summed E-state index contributed by atoms with van der Waals surface area (Å²) in [5.74, 6) is 52.3. The quantitative estimate of drug-likeness (QED) is 0.164. The highest BCUT2D eigenvalue weighted by Crippen LogP contribution is 2.23. The SMILES string of the molecule is C(#Cc1ccnc(-c2ccc(C#Cc3ccc(C#Cc4ccnc(-c5ccc(C#Cc6ccc(C#Cc7ccnc(-c8ccc(C#Cc9ccc(C#Cc%10ccnc(-c%11ccc(C#Cc%12ccncc%12)cc%11)c%10)cc9)cc8)c7)cc6)cc5)c4)cc3)cc2)c1)c1ccccc1. The van der Waals surface area contributed by atoms with Crippen molar-refractivity contribution in [1.82, 2.24) is 24.9 Å². The first kappa shape index (κ1) is 59.0. The highest BCUT2D eigenvalue weighted by atomic mass is 14.7. The molecule has 0 fully saturated rings. The molecule has 5 heterocycles. The average molecular weight is 1190 g/mol. The number of benzene rings is 8. The molecule has 5 aromatic heterocycles. The van der Waals surface area contributed by atoms with E-state index in [1.807, 2.05) is 261 Å². The van der Waals surface area contributed by atoms with E-state index in [4.69, 9.17) is 0 Å². The van der Waals surface area contributed by atoms with Gasteiger partial charge in [0.2, 0.25) is 0 Å². The summed E-state index contributed by atoms with van der Waals surface area (Å²) < 4.78 is 0. The second-order valence-corrected chi connectivity index (χ2v) is 21.4. The van der Waals surface area contributed by atoms with Gasteiger partial charge in [-0.1, -0.05) is 161 Å². The third kappa shape index (κ3) is 16.4. The molecule has 0 aliphatic carbocycles. The van der Waals surface area contributed by atoms with Crippen LogP contribution in [0.25, 0.3) is 45.0 Å². The van der Waals surface area contributed by atoms with Crippen LogP contribution in [0.3, 0.4) is 0 Å². The molecular formula is C89H49N5. The minimum absolute atomic E-state index is 0.834. The maximum atomic E-state index is 4.64. The van der Waals surface area contributed by atoms with Crippen LogP contribution in [0.4, 0.5) is 0 Å². The molecule has 0 aliphatic rings. The summed E-state index contributed by atoms with van der Waals surface area (Å²) >= 11 is 0. The summed E-state index contributed by atoms with van der Waals surface area (Å²) in [6.45, 7) is 0. The van der Waals surface area contributed by atoms with Crippen LogP contribution in [0, 0.1) is 94.7 Å². The molecule has 0 N–H and O–H groups in total. The molecule has 13 aromatic rings. The molecule has 0 saturated heterocycles. The van der Waals surface area contributed by atoms with E-state index in [0.717, 1.165) is 134 Å². The van der Waals surface area contributed by atoms with Crippen LogP contribution in [-0.4, -0.2) is 24.9 Å². The Kier molecular flexibility index (Phi) is 18.4. The van der Waals surface area contributed by atoms with Gasteiger partial charge in [0.15, 0.2) is 0 Å². The Hall–Kier alpha value is -14.0. The van der Waals surface area contributed by atoms with E-state index < -0.39 is 0 Å². The van der Waals surface area contributed by atoms with E-state index in [9.17, 15) is 0 Å². The molecule has 0 aliphatic heterocycles. The number of hydrogen-bond donors (Lipinski definition) is 0. The van der Waals surface area contributed by atoms with Crippen molar-refractivity contribution in [2.45, 2.75) is 0 Å². The zero-order valence-electron chi connectivity index (χ0n) is 50.5. The van der Waals surface area contributed by atoms with Crippen molar-refractivity contribution >= 4 is 0 Å². The van der Waals surface area contributed by atoms with Gasteiger partial charge in [0.25, 0.3) is 0 Å². The van der Waals surface area contributed by atoms with E-state index in [0.29, 0.717) is 0 Å². The first-order valence-electron chi connectivity index (χ1n) is 30.1. The van der Waals surface area contributed by atoms with Gasteiger partial charge in [-0.15, -0.1) is 0 Å². The van der Waals surface area contributed by atoms with Gasteiger partial charge in [-0.2, -0.15) is 0 Å². The minimum Gasteiger partial charge on any atom is -0.265 e. The molecule has 8 aromatic carbocycles. The second-order valence-electron chi connectivity index (χ2n) is 21.4. The van der Waals surface area contributed by atoms with Gasteiger partial charge in [0.1, 0.15) is 0 Å². The standard InChI is InChI=1S/C89H49N5/c1-2-4-66(5-3-1)26-30-78-52-58-91-86(62-78)82-42-34-73(35-43-82)21-18-67-6-12-70(13-7-67)27-31-79-53-59-92-87(63-79)83-44-36-74(37-45-83)22-19-68-8-14-71(15-9-68)28-32-80-54-60-93-88(64-80)84-46-38-75(39-47-84)23-20-69-10-16-72(17-11-69)29-33-81-55-61-94-89(65-81)85-48-40-76(41-49-85)24-25-77-50-56-90-57-51-77/h1-17,34-65H. The molecule has 13 rings (SSSR count). The molecule has 5 heteroatoms. The number of nitrogens with zero attached hydrogens (tertiary/aromatic N) is 5. The molecule has 0 spiro atoms. The first-order valence-corrected chi connectivity index (χ1v) is 30.1. The molecule has 0 bridgehead atoms. The molecule has 94 heavy (non-hydrogen) atoms. The maximum Gasteiger partial charge on any atom is 0.0714 e. The molecule has 0 radical (unpaired) electrons. The van der Waals surface area contributed by atoms with Crippen molar-refractivity contribution < 1.29 is 0 Å². The van der Waals surface area contributed by atoms with Gasteiger partial charge in [0, 0.05) is 148 Å². The average Bonchev–Trinajstić information content (AvgIpc) is 1.20. The van der Waals surface area contributed by atoms with Crippen molar-refractivity contribution in [1.29, 1.82) is 0 Å². The number of hydrogen-bond acceptors (Lipinski definition) is 5. The molecular weight excluding hydrogens is 1140 g/mol. The second kappa shape index (κ2) is 29.3. The number of aromatic nitrogens is 5. The highest BCUT2D eigenvalue weighted by Gasteiger charge is 2.06. The van der Waals surface area contributed by atoms with E-state index in [1.54, 1.807) is 37.2 Å². The predicted octanol–water partition coefficient (Wildman–Crippen LogP) is 16.5. The Labute approximate surface area is 548 Å². The summed E-state index contributed by atoms with van der Waals surface area (Å²) in [6, 6.07) is 85.7. The minimum atomic E-state index is 0.834. The van der Waals surface area contributed by atoms with Crippen LogP contribution in [-0.2, 0) is 0 Å².